The smallest absolute Gasteiger partial charge is 0.137 e. The van der Waals surface area contributed by atoms with Crippen molar-refractivity contribution in [2.75, 3.05) is 19.7 Å². The van der Waals surface area contributed by atoms with Gasteiger partial charge in [0, 0.05) is 6.54 Å². The van der Waals surface area contributed by atoms with Gasteiger partial charge in [0.1, 0.15) is 12.7 Å². The first-order valence-corrected chi connectivity index (χ1v) is 4.60. The number of ether oxygens (including phenoxy) is 1. The molecule has 1 fully saturated rings. The first-order chi connectivity index (χ1) is 6.45. The summed E-state index contributed by atoms with van der Waals surface area (Å²) in [5.74, 6) is 0. The van der Waals surface area contributed by atoms with Crippen LogP contribution in [-0.4, -0.2) is 40.6 Å². The number of rotatable bonds is 4. The number of nitrogens with one attached hydrogen (secondary N) is 1. The third kappa shape index (κ3) is 2.50. The van der Waals surface area contributed by atoms with Crippen molar-refractivity contribution in [2.24, 2.45) is 0 Å². The molecule has 1 aliphatic rings. The Labute approximate surface area is 77.1 Å². The van der Waals surface area contributed by atoms with Crippen LogP contribution in [0.15, 0.2) is 12.7 Å². The maximum Gasteiger partial charge on any atom is 0.137 e. The van der Waals surface area contributed by atoms with Gasteiger partial charge in [-0.3, -0.25) is 4.68 Å². The van der Waals surface area contributed by atoms with Gasteiger partial charge in [0.05, 0.1) is 19.3 Å². The van der Waals surface area contributed by atoms with Crippen LogP contribution >= 0.6 is 0 Å². The molecular formula is C8H14N4O. The molecule has 5 nitrogen and oxygen atoms in total. The quantitative estimate of drug-likeness (QED) is 0.692. The van der Waals surface area contributed by atoms with Crippen LogP contribution in [0, 0.1) is 0 Å². The van der Waals surface area contributed by atoms with Gasteiger partial charge in [-0.2, -0.15) is 5.10 Å². The van der Waals surface area contributed by atoms with Crippen molar-refractivity contribution in [3.8, 4) is 0 Å². The zero-order valence-corrected chi connectivity index (χ0v) is 7.52. The molecule has 13 heavy (non-hydrogen) atoms. The van der Waals surface area contributed by atoms with E-state index in [4.69, 9.17) is 4.74 Å². The van der Waals surface area contributed by atoms with E-state index in [1.807, 2.05) is 0 Å². The molecule has 5 heteroatoms. The highest BCUT2D eigenvalue weighted by atomic mass is 16.5. The third-order valence-electron chi connectivity index (χ3n) is 2.16. The van der Waals surface area contributed by atoms with Gasteiger partial charge in [-0.15, -0.1) is 0 Å². The van der Waals surface area contributed by atoms with Crippen molar-refractivity contribution in [3.63, 3.8) is 0 Å². The van der Waals surface area contributed by atoms with Gasteiger partial charge >= 0.3 is 0 Å². The molecular weight excluding hydrogens is 168 g/mol. The second-order valence-corrected chi connectivity index (χ2v) is 3.14. The fourth-order valence-electron chi connectivity index (χ4n) is 1.43. The van der Waals surface area contributed by atoms with E-state index >= 15 is 0 Å². The molecule has 1 N–H and O–H groups in total. The molecule has 0 amide bonds. The molecule has 0 saturated carbocycles. The molecule has 2 rings (SSSR count). The van der Waals surface area contributed by atoms with E-state index in [9.17, 15) is 0 Å². The second-order valence-electron chi connectivity index (χ2n) is 3.14. The molecule has 0 aliphatic carbocycles. The summed E-state index contributed by atoms with van der Waals surface area (Å²) < 4.78 is 7.41. The Morgan fingerprint density at radius 3 is 3.31 bits per heavy atom. The summed E-state index contributed by atoms with van der Waals surface area (Å²) in [4.78, 5) is 3.86. The molecule has 1 unspecified atom stereocenters. The van der Waals surface area contributed by atoms with Crippen LogP contribution in [-0.2, 0) is 11.3 Å². The van der Waals surface area contributed by atoms with Crippen molar-refractivity contribution in [1.29, 1.82) is 0 Å². The summed E-state index contributed by atoms with van der Waals surface area (Å²) in [6.45, 7) is 3.57. The summed E-state index contributed by atoms with van der Waals surface area (Å²) in [6.07, 6.45) is 4.76. The minimum absolute atomic E-state index is 0.392. The van der Waals surface area contributed by atoms with Crippen LogP contribution in [0.25, 0.3) is 0 Å². The maximum atomic E-state index is 5.63. The van der Waals surface area contributed by atoms with Gasteiger partial charge in [0.25, 0.3) is 0 Å². The monoisotopic (exact) mass is 182 g/mol. The lowest BCUT2D eigenvalue weighted by Crippen LogP contribution is -2.19. The van der Waals surface area contributed by atoms with Crippen LogP contribution < -0.4 is 5.32 Å². The number of hydrogen-bond donors (Lipinski definition) is 1. The van der Waals surface area contributed by atoms with Crippen molar-refractivity contribution in [1.82, 2.24) is 20.1 Å². The summed E-state index contributed by atoms with van der Waals surface area (Å²) in [7, 11) is 0. The Morgan fingerprint density at radius 2 is 2.62 bits per heavy atom. The van der Waals surface area contributed by atoms with Gasteiger partial charge in [-0.1, -0.05) is 0 Å². The average Bonchev–Trinajstić information content (AvgIpc) is 2.75. The van der Waals surface area contributed by atoms with Crippen LogP contribution in [0.1, 0.15) is 6.42 Å². The fraction of sp³-hybridized carbons (Fsp3) is 0.750. The first kappa shape index (κ1) is 8.65. The van der Waals surface area contributed by atoms with Crippen LogP contribution in [0.3, 0.4) is 0 Å². The highest BCUT2D eigenvalue weighted by Gasteiger charge is 2.13. The van der Waals surface area contributed by atoms with E-state index in [0.29, 0.717) is 6.10 Å². The first-order valence-electron chi connectivity index (χ1n) is 4.60. The van der Waals surface area contributed by atoms with Gasteiger partial charge in [-0.25, -0.2) is 4.98 Å². The largest absolute Gasteiger partial charge is 0.375 e. The average molecular weight is 182 g/mol. The zero-order valence-electron chi connectivity index (χ0n) is 7.52. The molecule has 0 radical (unpaired) electrons. The van der Waals surface area contributed by atoms with Crippen molar-refractivity contribution in [3.05, 3.63) is 12.7 Å². The van der Waals surface area contributed by atoms with Gasteiger partial charge in [0.15, 0.2) is 0 Å². The fourth-order valence-corrected chi connectivity index (χ4v) is 1.43. The lowest BCUT2D eigenvalue weighted by atomic mass is 10.3. The van der Waals surface area contributed by atoms with E-state index in [1.54, 1.807) is 11.0 Å². The van der Waals surface area contributed by atoms with Crippen molar-refractivity contribution < 1.29 is 4.74 Å². The lowest BCUT2D eigenvalue weighted by Gasteiger charge is -2.09. The molecule has 1 atom stereocenters. The van der Waals surface area contributed by atoms with E-state index in [-0.39, 0.29) is 0 Å². The molecule has 0 aromatic carbocycles. The maximum absolute atomic E-state index is 5.63. The van der Waals surface area contributed by atoms with E-state index < -0.39 is 0 Å². The third-order valence-corrected chi connectivity index (χ3v) is 2.16. The van der Waals surface area contributed by atoms with Gasteiger partial charge in [-0.05, 0) is 13.0 Å². The SMILES string of the molecule is c1ncn(CCOC2CCNC2)n1. The van der Waals surface area contributed by atoms with Crippen LogP contribution in [0.5, 0.6) is 0 Å². The molecule has 0 bridgehead atoms. The van der Waals surface area contributed by atoms with Gasteiger partial charge in [0.2, 0.25) is 0 Å². The van der Waals surface area contributed by atoms with E-state index in [2.05, 4.69) is 15.4 Å². The Morgan fingerprint density at radius 1 is 1.62 bits per heavy atom. The minimum atomic E-state index is 0.392. The zero-order chi connectivity index (χ0) is 8.93. The summed E-state index contributed by atoms with van der Waals surface area (Å²) in [5.41, 5.74) is 0. The molecule has 0 spiro atoms. The Hall–Kier alpha value is -0.940. The highest BCUT2D eigenvalue weighted by molar-refractivity contribution is 4.70. The number of hydrogen-bond acceptors (Lipinski definition) is 4. The second kappa shape index (κ2) is 4.34. The lowest BCUT2D eigenvalue weighted by molar-refractivity contribution is 0.0597. The summed E-state index contributed by atoms with van der Waals surface area (Å²) in [5, 5.41) is 7.25. The molecule has 1 saturated heterocycles. The van der Waals surface area contributed by atoms with Crippen LogP contribution in [0.2, 0.25) is 0 Å². The molecule has 1 aromatic rings. The van der Waals surface area contributed by atoms with Crippen LogP contribution in [0.4, 0.5) is 0 Å². The van der Waals surface area contributed by atoms with E-state index in [0.717, 1.165) is 32.7 Å². The predicted molar refractivity (Wildman–Crippen MR) is 47.2 cm³/mol. The Kier molecular flexibility index (Phi) is 2.89. The van der Waals surface area contributed by atoms with E-state index in [1.165, 1.54) is 6.33 Å². The summed E-state index contributed by atoms with van der Waals surface area (Å²) >= 11 is 0. The Bertz CT molecular complexity index is 230. The minimum Gasteiger partial charge on any atom is -0.375 e. The standard InChI is InChI=1S/C8H14N4O/c1-2-9-5-8(1)13-4-3-12-7-10-6-11-12/h6-9H,1-5H2. The van der Waals surface area contributed by atoms with Gasteiger partial charge < -0.3 is 10.1 Å². The molecule has 2 heterocycles. The summed E-state index contributed by atoms with van der Waals surface area (Å²) in [6, 6.07) is 0. The van der Waals surface area contributed by atoms with Crippen molar-refractivity contribution in [2.45, 2.75) is 19.1 Å². The topological polar surface area (TPSA) is 52.0 Å². The number of aromatic nitrogens is 3. The molecule has 72 valence electrons. The number of nitrogens with zero attached hydrogens (tertiary/aromatic N) is 3. The Balaban J connectivity index is 1.63. The van der Waals surface area contributed by atoms with Crippen molar-refractivity contribution >= 4 is 0 Å². The molecule has 1 aliphatic heterocycles. The predicted octanol–water partition coefficient (Wildman–Crippen LogP) is -0.343. The normalized spacial score (nSPS) is 22.3. The molecule has 1 aromatic heterocycles. The highest BCUT2D eigenvalue weighted by Crippen LogP contribution is 2.02.